The molecule has 0 atom stereocenters. The van der Waals surface area contributed by atoms with Gasteiger partial charge in [0.1, 0.15) is 17.1 Å². The van der Waals surface area contributed by atoms with E-state index in [9.17, 15) is 14.4 Å². The second kappa shape index (κ2) is 8.87. The number of hydrogen-bond donors (Lipinski definition) is 2. The number of nitrogens with two attached hydrogens (primary N) is 1. The fourth-order valence-corrected chi connectivity index (χ4v) is 2.99. The van der Waals surface area contributed by atoms with Crippen molar-refractivity contribution in [3.8, 4) is 0 Å². The molecular weight excluding hydrogens is 366 g/mol. The van der Waals surface area contributed by atoms with Gasteiger partial charge in [-0.05, 0) is 26.2 Å². The number of aromatic amines is 1. The molecule has 10 heteroatoms. The molecule has 0 fully saturated rings. The number of carbonyl (C=O) groups excluding carboxylic acids is 1. The molecule has 2 aromatic rings. The average molecular weight is 393 g/mol. The van der Waals surface area contributed by atoms with Crippen molar-refractivity contribution in [1.82, 2.24) is 14.7 Å². The van der Waals surface area contributed by atoms with E-state index in [0.717, 1.165) is 0 Å². The van der Waals surface area contributed by atoms with Crippen LogP contribution in [0.4, 0.5) is 11.5 Å². The Hall–Kier alpha value is -2.88. The standard InChI is InChI=1S/C18H27N5O5/c1-10(2)9-23-15(19)14(16(24)20-18(23)26)22(7-6-8-27-5)17(25)13-11(3)21-28-12(13)4/h10H,6-9,19H2,1-5H3,(H,20,24,26). The third-order valence-corrected chi connectivity index (χ3v) is 4.25. The number of methoxy groups -OCH3 is 1. The Kier molecular flexibility index (Phi) is 6.79. The second-order valence-electron chi connectivity index (χ2n) is 7.00. The quantitative estimate of drug-likeness (QED) is 0.640. The normalized spacial score (nSPS) is 11.2. The molecule has 0 bridgehead atoms. The van der Waals surface area contributed by atoms with Crippen LogP contribution in [0.5, 0.6) is 0 Å². The molecule has 2 rings (SSSR count). The van der Waals surface area contributed by atoms with E-state index in [1.54, 1.807) is 21.0 Å². The molecule has 0 aliphatic rings. The fourth-order valence-electron chi connectivity index (χ4n) is 2.99. The van der Waals surface area contributed by atoms with Crippen LogP contribution in [0.1, 0.15) is 42.1 Å². The van der Waals surface area contributed by atoms with Crippen LogP contribution in [0.2, 0.25) is 0 Å². The zero-order valence-corrected chi connectivity index (χ0v) is 16.9. The maximum Gasteiger partial charge on any atom is 0.330 e. The zero-order chi connectivity index (χ0) is 21.0. The van der Waals surface area contributed by atoms with Crippen molar-refractivity contribution in [3.63, 3.8) is 0 Å². The van der Waals surface area contributed by atoms with Crippen LogP contribution in [0, 0.1) is 19.8 Å². The molecule has 0 spiro atoms. The van der Waals surface area contributed by atoms with E-state index in [-0.39, 0.29) is 29.5 Å². The third kappa shape index (κ3) is 4.33. The number of nitrogens with one attached hydrogen (secondary N) is 1. The van der Waals surface area contributed by atoms with Gasteiger partial charge in [-0.25, -0.2) is 4.79 Å². The van der Waals surface area contributed by atoms with Gasteiger partial charge in [-0.15, -0.1) is 0 Å². The molecule has 1 amide bonds. The fraction of sp³-hybridized carbons (Fsp3) is 0.556. The first kappa shape index (κ1) is 21.4. The van der Waals surface area contributed by atoms with Crippen LogP contribution in [0.25, 0.3) is 0 Å². The van der Waals surface area contributed by atoms with Crippen LogP contribution in [0.15, 0.2) is 14.1 Å². The summed E-state index contributed by atoms with van der Waals surface area (Å²) in [6.45, 7) is 7.96. The van der Waals surface area contributed by atoms with E-state index < -0.39 is 17.2 Å². The minimum Gasteiger partial charge on any atom is -0.385 e. The van der Waals surface area contributed by atoms with Gasteiger partial charge in [-0.3, -0.25) is 19.1 Å². The molecule has 10 nitrogen and oxygen atoms in total. The van der Waals surface area contributed by atoms with E-state index in [2.05, 4.69) is 10.1 Å². The highest BCUT2D eigenvalue weighted by molar-refractivity contribution is 6.08. The van der Waals surface area contributed by atoms with Crippen molar-refractivity contribution < 1.29 is 14.1 Å². The molecule has 2 heterocycles. The highest BCUT2D eigenvalue weighted by atomic mass is 16.5. The Morgan fingerprint density at radius 3 is 2.57 bits per heavy atom. The predicted octanol–water partition coefficient (Wildman–Crippen LogP) is 1.06. The van der Waals surface area contributed by atoms with E-state index in [1.165, 1.54) is 9.47 Å². The monoisotopic (exact) mass is 393 g/mol. The Morgan fingerprint density at radius 1 is 1.36 bits per heavy atom. The number of anilines is 2. The van der Waals surface area contributed by atoms with Crippen molar-refractivity contribution in [3.05, 3.63) is 37.9 Å². The summed E-state index contributed by atoms with van der Waals surface area (Å²) in [4.78, 5) is 41.6. The summed E-state index contributed by atoms with van der Waals surface area (Å²) in [5.74, 6) is -0.0806. The van der Waals surface area contributed by atoms with Gasteiger partial charge >= 0.3 is 5.69 Å². The van der Waals surface area contributed by atoms with Gasteiger partial charge in [0.05, 0.1) is 5.69 Å². The van der Waals surface area contributed by atoms with Crippen LogP contribution in [-0.4, -0.2) is 40.9 Å². The van der Waals surface area contributed by atoms with E-state index in [4.69, 9.17) is 15.0 Å². The van der Waals surface area contributed by atoms with Gasteiger partial charge in [0.15, 0.2) is 5.69 Å². The number of hydrogen-bond acceptors (Lipinski definition) is 7. The summed E-state index contributed by atoms with van der Waals surface area (Å²) < 4.78 is 11.4. The van der Waals surface area contributed by atoms with Gasteiger partial charge in [0.25, 0.3) is 11.5 Å². The number of rotatable bonds is 8. The van der Waals surface area contributed by atoms with Crippen LogP contribution in [-0.2, 0) is 11.3 Å². The number of aryl methyl sites for hydroxylation is 2. The summed E-state index contributed by atoms with van der Waals surface area (Å²) in [6.07, 6.45) is 0.466. The smallest absolute Gasteiger partial charge is 0.330 e. The largest absolute Gasteiger partial charge is 0.385 e. The lowest BCUT2D eigenvalue weighted by Crippen LogP contribution is -2.42. The van der Waals surface area contributed by atoms with Crippen molar-refractivity contribution in [2.24, 2.45) is 5.92 Å². The first-order chi connectivity index (χ1) is 13.2. The molecule has 0 aromatic carbocycles. The molecule has 3 N–H and O–H groups in total. The minimum atomic E-state index is -0.722. The molecule has 0 radical (unpaired) electrons. The predicted molar refractivity (Wildman–Crippen MR) is 105 cm³/mol. The van der Waals surface area contributed by atoms with Crippen LogP contribution in [0.3, 0.4) is 0 Å². The van der Waals surface area contributed by atoms with Crippen molar-refractivity contribution in [1.29, 1.82) is 0 Å². The Bertz CT molecular complexity index is 937. The number of carbonyl (C=O) groups is 1. The third-order valence-electron chi connectivity index (χ3n) is 4.25. The van der Waals surface area contributed by atoms with Gasteiger partial charge in [-0.2, -0.15) is 0 Å². The van der Waals surface area contributed by atoms with E-state index in [1.807, 2.05) is 13.8 Å². The summed E-state index contributed by atoms with van der Waals surface area (Å²) in [6, 6.07) is 0. The summed E-state index contributed by atoms with van der Waals surface area (Å²) >= 11 is 0. The second-order valence-corrected chi connectivity index (χ2v) is 7.00. The number of nitrogen functional groups attached to an aromatic ring is 1. The minimum absolute atomic E-state index is 0.0556. The molecular formula is C18H27N5O5. The molecule has 28 heavy (non-hydrogen) atoms. The summed E-state index contributed by atoms with van der Waals surface area (Å²) in [5.41, 5.74) is 5.45. The molecule has 0 saturated carbocycles. The molecule has 0 aliphatic heterocycles. The lowest BCUT2D eigenvalue weighted by molar-refractivity contribution is 0.0981. The highest BCUT2D eigenvalue weighted by Gasteiger charge is 2.29. The maximum atomic E-state index is 13.3. The Morgan fingerprint density at radius 2 is 2.04 bits per heavy atom. The maximum absolute atomic E-state index is 13.3. The molecule has 2 aromatic heterocycles. The van der Waals surface area contributed by atoms with Crippen LogP contribution >= 0.6 is 0 Å². The number of aromatic nitrogens is 3. The first-order valence-electron chi connectivity index (χ1n) is 9.05. The number of H-pyrrole nitrogens is 1. The van der Waals surface area contributed by atoms with Crippen molar-refractivity contribution >= 4 is 17.4 Å². The lowest BCUT2D eigenvalue weighted by atomic mass is 10.1. The average Bonchev–Trinajstić information content (AvgIpc) is 2.95. The van der Waals surface area contributed by atoms with E-state index in [0.29, 0.717) is 31.0 Å². The van der Waals surface area contributed by atoms with Gasteiger partial charge < -0.3 is 19.9 Å². The van der Waals surface area contributed by atoms with Crippen molar-refractivity contribution in [2.45, 2.75) is 40.7 Å². The summed E-state index contributed by atoms with van der Waals surface area (Å²) in [5, 5.41) is 3.81. The van der Waals surface area contributed by atoms with E-state index >= 15 is 0 Å². The molecule has 154 valence electrons. The lowest BCUT2D eigenvalue weighted by Gasteiger charge is -2.24. The van der Waals surface area contributed by atoms with Gasteiger partial charge in [0.2, 0.25) is 0 Å². The number of nitrogens with zero attached hydrogens (tertiary/aromatic N) is 3. The number of ether oxygens (including phenoxy) is 1. The highest BCUT2D eigenvalue weighted by Crippen LogP contribution is 2.23. The first-order valence-corrected chi connectivity index (χ1v) is 9.05. The summed E-state index contributed by atoms with van der Waals surface area (Å²) in [7, 11) is 1.55. The SMILES string of the molecule is COCCCN(C(=O)c1c(C)noc1C)c1c(N)n(CC(C)C)c(=O)[nH]c1=O. The molecule has 0 saturated heterocycles. The zero-order valence-electron chi connectivity index (χ0n) is 16.9. The topological polar surface area (TPSA) is 136 Å². The Labute approximate surface area is 162 Å². The van der Waals surface area contributed by atoms with Gasteiger partial charge in [-0.1, -0.05) is 19.0 Å². The number of amides is 1. The van der Waals surface area contributed by atoms with Gasteiger partial charge in [0, 0.05) is 26.8 Å². The van der Waals surface area contributed by atoms with Crippen LogP contribution < -0.4 is 21.9 Å². The molecule has 0 unspecified atom stereocenters. The molecule has 0 aliphatic carbocycles. The van der Waals surface area contributed by atoms with Crippen molar-refractivity contribution in [2.75, 3.05) is 30.9 Å². The Balaban J connectivity index is 2.62.